The minimum Gasteiger partial charge on any atom is -0.267 e. The molecule has 3 nitrogen and oxygen atoms in total. The van der Waals surface area contributed by atoms with Crippen LogP contribution in [0.4, 0.5) is 4.39 Å². The summed E-state index contributed by atoms with van der Waals surface area (Å²) in [4.78, 5) is 11.9. The monoisotopic (exact) mass is 288 g/mol. The number of nitrogens with one attached hydrogen (secondary N) is 1. The van der Waals surface area contributed by atoms with Gasteiger partial charge in [-0.2, -0.15) is 5.10 Å². The Balaban J connectivity index is 1.61. The largest absolute Gasteiger partial charge is 0.274 e. The Hall–Kier alpha value is -1.71. The fraction of sp³-hybridized carbons (Fsp3) is 0.529. The number of hydrogen-bond acceptors (Lipinski definition) is 2. The van der Waals surface area contributed by atoms with Gasteiger partial charge in [-0.1, -0.05) is 31.4 Å². The fourth-order valence-electron chi connectivity index (χ4n) is 3.63. The van der Waals surface area contributed by atoms with Crippen molar-refractivity contribution in [2.75, 3.05) is 0 Å². The molecule has 0 heterocycles. The third-order valence-corrected chi connectivity index (χ3v) is 4.80. The van der Waals surface area contributed by atoms with Crippen molar-refractivity contribution in [2.24, 2.45) is 16.9 Å². The second-order valence-corrected chi connectivity index (χ2v) is 6.15. The highest BCUT2D eigenvalue weighted by Crippen LogP contribution is 2.39. The standard InChI is InChI=1S/C17H21FN2O/c18-16-8-4-3-7-15(16)17(21)20-19-14-10-9-12-5-1-2-6-13(12)11-14/h3-4,7-8,12-13H,1-2,5-6,9-11H2,(H,20,21)/b19-14-/t12-,13-/m0/s1. The van der Waals surface area contributed by atoms with Crippen molar-refractivity contribution >= 4 is 11.6 Å². The second kappa shape index (κ2) is 6.37. The molecule has 1 amide bonds. The minimum absolute atomic E-state index is 0.0493. The summed E-state index contributed by atoms with van der Waals surface area (Å²) < 4.78 is 13.5. The highest BCUT2D eigenvalue weighted by atomic mass is 19.1. The van der Waals surface area contributed by atoms with Gasteiger partial charge in [-0.05, 0) is 49.7 Å². The van der Waals surface area contributed by atoms with E-state index < -0.39 is 11.7 Å². The molecule has 2 saturated carbocycles. The normalized spacial score (nSPS) is 27.2. The first-order valence-electron chi connectivity index (χ1n) is 7.84. The average molecular weight is 288 g/mol. The fourth-order valence-corrected chi connectivity index (χ4v) is 3.63. The van der Waals surface area contributed by atoms with E-state index in [4.69, 9.17) is 0 Å². The molecule has 2 aliphatic rings. The summed E-state index contributed by atoms with van der Waals surface area (Å²) in [7, 11) is 0. The van der Waals surface area contributed by atoms with Gasteiger partial charge < -0.3 is 0 Å². The number of amides is 1. The molecule has 0 aromatic heterocycles. The highest BCUT2D eigenvalue weighted by Gasteiger charge is 2.30. The van der Waals surface area contributed by atoms with E-state index >= 15 is 0 Å². The molecule has 0 bridgehead atoms. The van der Waals surface area contributed by atoms with Gasteiger partial charge in [-0.15, -0.1) is 0 Å². The van der Waals surface area contributed by atoms with Gasteiger partial charge in [0.1, 0.15) is 5.82 Å². The summed E-state index contributed by atoms with van der Waals surface area (Å²) in [5.74, 6) is 0.606. The molecule has 4 heteroatoms. The number of carbonyl (C=O) groups is 1. The summed E-state index contributed by atoms with van der Waals surface area (Å²) in [6.45, 7) is 0. The molecule has 112 valence electrons. The van der Waals surface area contributed by atoms with Crippen molar-refractivity contribution in [1.82, 2.24) is 5.43 Å². The predicted molar refractivity (Wildman–Crippen MR) is 80.6 cm³/mol. The lowest BCUT2D eigenvalue weighted by Gasteiger charge is -2.35. The van der Waals surface area contributed by atoms with Gasteiger partial charge in [0.15, 0.2) is 0 Å². The number of rotatable bonds is 2. The lowest BCUT2D eigenvalue weighted by atomic mass is 9.70. The molecule has 2 aliphatic carbocycles. The van der Waals surface area contributed by atoms with Gasteiger partial charge in [0.2, 0.25) is 0 Å². The predicted octanol–water partition coefficient (Wildman–Crippen LogP) is 3.90. The number of hydrazone groups is 1. The number of carbonyl (C=O) groups excluding carboxylic acids is 1. The zero-order valence-electron chi connectivity index (χ0n) is 12.1. The first-order chi connectivity index (χ1) is 10.2. The first-order valence-corrected chi connectivity index (χ1v) is 7.84. The first kappa shape index (κ1) is 14.2. The van der Waals surface area contributed by atoms with Crippen LogP contribution < -0.4 is 5.43 Å². The number of hydrogen-bond donors (Lipinski definition) is 1. The van der Waals surface area contributed by atoms with E-state index in [0.29, 0.717) is 0 Å². The minimum atomic E-state index is -0.508. The zero-order valence-corrected chi connectivity index (χ0v) is 12.1. The van der Waals surface area contributed by atoms with Crippen LogP contribution in [0.1, 0.15) is 55.3 Å². The van der Waals surface area contributed by atoms with Crippen LogP contribution in [0.3, 0.4) is 0 Å². The maximum Gasteiger partial charge on any atom is 0.274 e. The van der Waals surface area contributed by atoms with Gasteiger partial charge >= 0.3 is 0 Å². The van der Waals surface area contributed by atoms with Crippen LogP contribution in [0.2, 0.25) is 0 Å². The molecule has 2 atom stereocenters. The van der Waals surface area contributed by atoms with Crippen LogP contribution in [-0.2, 0) is 0 Å². The average Bonchev–Trinajstić information content (AvgIpc) is 2.53. The molecule has 1 N–H and O–H groups in total. The molecule has 2 fully saturated rings. The molecule has 0 spiro atoms. The molecular formula is C17H21FN2O. The SMILES string of the molecule is O=C(N/N=C1/CC[C@@H]2CCCC[C@H]2C1)c1ccccc1F. The van der Waals surface area contributed by atoms with Crippen molar-refractivity contribution in [1.29, 1.82) is 0 Å². The second-order valence-electron chi connectivity index (χ2n) is 6.15. The Morgan fingerprint density at radius 1 is 1.14 bits per heavy atom. The summed E-state index contributed by atoms with van der Waals surface area (Å²) in [6, 6.07) is 5.99. The topological polar surface area (TPSA) is 41.5 Å². The Bertz CT molecular complexity index is 555. The van der Waals surface area contributed by atoms with Crippen molar-refractivity contribution in [2.45, 2.75) is 44.9 Å². The summed E-state index contributed by atoms with van der Waals surface area (Å²) >= 11 is 0. The zero-order chi connectivity index (χ0) is 14.7. The third-order valence-electron chi connectivity index (χ3n) is 4.80. The molecule has 3 rings (SSSR count). The quantitative estimate of drug-likeness (QED) is 0.824. The van der Waals surface area contributed by atoms with E-state index in [2.05, 4.69) is 10.5 Å². The lowest BCUT2D eigenvalue weighted by molar-refractivity contribution is 0.0950. The molecular weight excluding hydrogens is 267 g/mol. The molecule has 0 aliphatic heterocycles. The van der Waals surface area contributed by atoms with Gasteiger partial charge in [0.25, 0.3) is 5.91 Å². The Labute approximate surface area is 124 Å². The van der Waals surface area contributed by atoms with E-state index in [1.807, 2.05) is 0 Å². The van der Waals surface area contributed by atoms with Gasteiger partial charge in [0.05, 0.1) is 5.56 Å². The molecule has 0 radical (unpaired) electrons. The van der Waals surface area contributed by atoms with Crippen LogP contribution in [0, 0.1) is 17.7 Å². The molecule has 1 aromatic rings. The number of benzene rings is 1. The Kier molecular flexibility index (Phi) is 4.32. The van der Waals surface area contributed by atoms with Crippen LogP contribution in [0.25, 0.3) is 0 Å². The summed E-state index contributed by atoms with van der Waals surface area (Å²) in [6.07, 6.45) is 8.43. The number of nitrogens with zero attached hydrogens (tertiary/aromatic N) is 1. The van der Waals surface area contributed by atoms with E-state index in [-0.39, 0.29) is 5.56 Å². The summed E-state index contributed by atoms with van der Waals surface area (Å²) in [5.41, 5.74) is 3.62. The maximum atomic E-state index is 13.5. The summed E-state index contributed by atoms with van der Waals surface area (Å²) in [5, 5.41) is 4.24. The number of fused-ring (bicyclic) bond motifs is 1. The van der Waals surface area contributed by atoms with Crippen molar-refractivity contribution in [3.05, 3.63) is 35.6 Å². The van der Waals surface area contributed by atoms with E-state index in [9.17, 15) is 9.18 Å². The number of halogens is 1. The van der Waals surface area contributed by atoms with Crippen LogP contribution >= 0.6 is 0 Å². The van der Waals surface area contributed by atoms with Gasteiger partial charge in [-0.25, -0.2) is 9.82 Å². The Morgan fingerprint density at radius 2 is 1.90 bits per heavy atom. The van der Waals surface area contributed by atoms with Gasteiger partial charge in [0, 0.05) is 5.71 Å². The van der Waals surface area contributed by atoms with Crippen molar-refractivity contribution in [3.8, 4) is 0 Å². The lowest BCUT2D eigenvalue weighted by Crippen LogP contribution is -2.29. The van der Waals surface area contributed by atoms with Crippen molar-refractivity contribution < 1.29 is 9.18 Å². The molecule has 0 unspecified atom stereocenters. The maximum absolute atomic E-state index is 13.5. The molecule has 0 saturated heterocycles. The van der Waals surface area contributed by atoms with Crippen LogP contribution in [0.5, 0.6) is 0 Å². The smallest absolute Gasteiger partial charge is 0.267 e. The Morgan fingerprint density at radius 3 is 2.71 bits per heavy atom. The third kappa shape index (κ3) is 3.31. The van der Waals surface area contributed by atoms with Crippen LogP contribution in [-0.4, -0.2) is 11.6 Å². The van der Waals surface area contributed by atoms with Crippen LogP contribution in [0.15, 0.2) is 29.4 Å². The molecule has 21 heavy (non-hydrogen) atoms. The van der Waals surface area contributed by atoms with E-state index in [0.717, 1.165) is 30.4 Å². The molecule has 1 aromatic carbocycles. The van der Waals surface area contributed by atoms with E-state index in [1.165, 1.54) is 44.2 Å². The van der Waals surface area contributed by atoms with E-state index in [1.54, 1.807) is 12.1 Å². The van der Waals surface area contributed by atoms with Gasteiger partial charge in [-0.3, -0.25) is 4.79 Å². The highest BCUT2D eigenvalue weighted by molar-refractivity contribution is 5.95. The van der Waals surface area contributed by atoms with Crippen molar-refractivity contribution in [3.63, 3.8) is 0 Å².